The van der Waals surface area contributed by atoms with Crippen molar-refractivity contribution in [2.45, 2.75) is 38.3 Å². The van der Waals surface area contributed by atoms with Crippen molar-refractivity contribution in [1.29, 1.82) is 0 Å². The topological polar surface area (TPSA) is 90.5 Å². The molecule has 1 amide bonds. The number of carbonyl (C=O) groups excluding carboxylic acids is 2. The highest BCUT2D eigenvalue weighted by Gasteiger charge is 2.47. The second-order valence-electron chi connectivity index (χ2n) is 6.00. The smallest absolute Gasteiger partial charge is 0.343 e. The molecule has 2 heterocycles. The number of Topliss-reactive ketones (excluding diaryl/α,β-unsaturated/α-hetero) is 1. The number of carbonyl (C=O) groups is 3. The average molecular weight is 308 g/mol. The molecule has 0 radical (unpaired) electrons. The zero-order valence-corrected chi connectivity index (χ0v) is 12.2. The van der Waals surface area contributed by atoms with Crippen LogP contribution in [0.1, 0.15) is 51.4 Å². The van der Waals surface area contributed by atoms with E-state index < -0.39 is 24.1 Å². The second-order valence-corrected chi connectivity index (χ2v) is 6.00. The van der Waals surface area contributed by atoms with Crippen LogP contribution in [0.3, 0.4) is 0 Å². The number of halogens is 1. The number of aromatic nitrogens is 1. The van der Waals surface area contributed by atoms with Gasteiger partial charge in [0.25, 0.3) is 5.91 Å². The number of rotatable bonds is 2. The summed E-state index contributed by atoms with van der Waals surface area (Å²) >= 11 is 0. The Morgan fingerprint density at radius 2 is 2.09 bits per heavy atom. The quantitative estimate of drug-likeness (QED) is 0.866. The number of ketones is 1. The number of aromatic amines is 1. The van der Waals surface area contributed by atoms with Gasteiger partial charge in [-0.2, -0.15) is 0 Å². The molecule has 0 bridgehead atoms. The predicted molar refractivity (Wildman–Crippen MR) is 74.8 cm³/mol. The second kappa shape index (κ2) is 4.93. The third-order valence-corrected chi connectivity index (χ3v) is 4.54. The summed E-state index contributed by atoms with van der Waals surface area (Å²) in [6.45, 7) is 1.29. The first kappa shape index (κ1) is 14.7. The van der Waals surface area contributed by atoms with Crippen LogP contribution in [0.4, 0.5) is 4.39 Å². The van der Waals surface area contributed by atoms with Crippen LogP contribution in [0.5, 0.6) is 0 Å². The Morgan fingerprint density at radius 3 is 2.68 bits per heavy atom. The van der Waals surface area contributed by atoms with Gasteiger partial charge in [0.2, 0.25) is 5.67 Å². The Balaban J connectivity index is 1.88. The van der Waals surface area contributed by atoms with Gasteiger partial charge >= 0.3 is 5.97 Å². The van der Waals surface area contributed by atoms with Crippen molar-refractivity contribution < 1.29 is 23.9 Å². The third-order valence-electron chi connectivity index (χ3n) is 4.54. The highest BCUT2D eigenvalue weighted by atomic mass is 19.1. The van der Waals surface area contributed by atoms with Gasteiger partial charge in [-0.15, -0.1) is 0 Å². The maximum Gasteiger partial charge on any atom is 0.343 e. The Hall–Kier alpha value is -2.18. The molecule has 0 saturated carbocycles. The highest BCUT2D eigenvalue weighted by Crippen LogP contribution is 2.30. The van der Waals surface area contributed by atoms with E-state index in [4.69, 9.17) is 5.11 Å². The number of hydrogen-bond donors (Lipinski definition) is 2. The molecule has 118 valence electrons. The average Bonchev–Trinajstić information content (AvgIpc) is 3.02. The number of hydrogen-bond acceptors (Lipinski definition) is 3. The lowest BCUT2D eigenvalue weighted by Crippen LogP contribution is -2.39. The molecule has 3 rings (SSSR count). The van der Waals surface area contributed by atoms with E-state index in [0.717, 1.165) is 12.1 Å². The van der Waals surface area contributed by atoms with Gasteiger partial charge in [0, 0.05) is 30.6 Å². The fraction of sp³-hybridized carbons (Fsp3) is 0.533. The fourth-order valence-electron chi connectivity index (χ4n) is 3.27. The molecule has 1 aromatic heterocycles. The molecule has 1 aliphatic heterocycles. The molecular formula is C15H17FN2O4. The molecule has 0 aromatic carbocycles. The Morgan fingerprint density at radius 1 is 1.36 bits per heavy atom. The minimum atomic E-state index is -2.38. The van der Waals surface area contributed by atoms with Crippen molar-refractivity contribution in [3.05, 3.63) is 22.5 Å². The lowest BCUT2D eigenvalue weighted by Gasteiger charge is -2.17. The predicted octanol–water partition coefficient (Wildman–Crippen LogP) is 1.48. The standard InChI is InChI=1S/C15H17FN2O4/c1-8-11-9(3-2-4-10(11)19)17-12(8)13(20)18-6-5-15(16,7-18)14(21)22/h17H,2-7H2,1H3,(H,21,22). The first-order chi connectivity index (χ1) is 10.3. The summed E-state index contributed by atoms with van der Waals surface area (Å²) in [5, 5.41) is 8.90. The van der Waals surface area contributed by atoms with E-state index in [-0.39, 0.29) is 24.4 Å². The SMILES string of the molecule is Cc1c(C(=O)N2CCC(F)(C(=O)O)C2)[nH]c2c1C(=O)CCC2. The van der Waals surface area contributed by atoms with Crippen molar-refractivity contribution in [3.8, 4) is 0 Å². The molecule has 1 fully saturated rings. The van der Waals surface area contributed by atoms with Gasteiger partial charge in [0.05, 0.1) is 6.54 Å². The zero-order valence-electron chi connectivity index (χ0n) is 12.2. The molecule has 1 unspecified atom stereocenters. The van der Waals surface area contributed by atoms with E-state index in [1.165, 1.54) is 4.90 Å². The van der Waals surface area contributed by atoms with Crippen LogP contribution in [0.25, 0.3) is 0 Å². The molecule has 7 heteroatoms. The molecule has 1 aliphatic carbocycles. The van der Waals surface area contributed by atoms with Crippen molar-refractivity contribution in [2.75, 3.05) is 13.1 Å². The van der Waals surface area contributed by atoms with Crippen molar-refractivity contribution in [1.82, 2.24) is 9.88 Å². The number of aryl methyl sites for hydroxylation is 1. The normalized spacial score (nSPS) is 24.5. The first-order valence-corrected chi connectivity index (χ1v) is 7.30. The summed E-state index contributed by atoms with van der Waals surface area (Å²) in [4.78, 5) is 39.6. The zero-order chi connectivity index (χ0) is 16.1. The Labute approximate surface area is 126 Å². The number of alkyl halides is 1. The number of H-pyrrole nitrogens is 1. The van der Waals surface area contributed by atoms with Crippen LogP contribution >= 0.6 is 0 Å². The monoisotopic (exact) mass is 308 g/mol. The molecule has 1 saturated heterocycles. The number of amides is 1. The molecule has 1 aromatic rings. The highest BCUT2D eigenvalue weighted by molar-refractivity contribution is 6.04. The van der Waals surface area contributed by atoms with Crippen LogP contribution in [-0.2, 0) is 11.2 Å². The maximum atomic E-state index is 14.1. The number of fused-ring (bicyclic) bond motifs is 1. The van der Waals surface area contributed by atoms with Gasteiger partial charge in [-0.3, -0.25) is 9.59 Å². The van der Waals surface area contributed by atoms with Crippen LogP contribution < -0.4 is 0 Å². The molecule has 6 nitrogen and oxygen atoms in total. The largest absolute Gasteiger partial charge is 0.479 e. The Kier molecular flexibility index (Phi) is 3.30. The number of likely N-dealkylation sites (tertiary alicyclic amines) is 1. The van der Waals surface area contributed by atoms with E-state index >= 15 is 0 Å². The van der Waals surface area contributed by atoms with Crippen molar-refractivity contribution in [3.63, 3.8) is 0 Å². The van der Waals surface area contributed by atoms with Gasteiger partial charge in [-0.05, 0) is 25.3 Å². The molecule has 2 N–H and O–H groups in total. The summed E-state index contributed by atoms with van der Waals surface area (Å²) in [7, 11) is 0. The van der Waals surface area contributed by atoms with Gasteiger partial charge in [0.15, 0.2) is 5.78 Å². The van der Waals surface area contributed by atoms with Gasteiger partial charge in [-0.1, -0.05) is 0 Å². The van der Waals surface area contributed by atoms with E-state index in [2.05, 4.69) is 4.98 Å². The molecular weight excluding hydrogens is 291 g/mol. The van der Waals surface area contributed by atoms with Crippen molar-refractivity contribution in [2.24, 2.45) is 0 Å². The van der Waals surface area contributed by atoms with E-state index in [9.17, 15) is 18.8 Å². The van der Waals surface area contributed by atoms with Gasteiger partial charge < -0.3 is 15.0 Å². The van der Waals surface area contributed by atoms with Gasteiger partial charge in [-0.25, -0.2) is 9.18 Å². The number of nitrogens with one attached hydrogen (secondary N) is 1. The lowest BCUT2D eigenvalue weighted by atomic mass is 9.94. The van der Waals surface area contributed by atoms with Crippen LogP contribution in [0, 0.1) is 6.92 Å². The minimum absolute atomic E-state index is 0.0147. The number of nitrogens with zero attached hydrogens (tertiary/aromatic N) is 1. The summed E-state index contributed by atoms with van der Waals surface area (Å²) in [6.07, 6.45) is 1.70. The van der Waals surface area contributed by atoms with Gasteiger partial charge in [0.1, 0.15) is 5.69 Å². The fourth-order valence-corrected chi connectivity index (χ4v) is 3.27. The molecule has 1 atom stereocenters. The number of aliphatic carboxylic acids is 1. The maximum absolute atomic E-state index is 14.1. The van der Waals surface area contributed by atoms with E-state index in [0.29, 0.717) is 24.0 Å². The van der Waals surface area contributed by atoms with Crippen LogP contribution in [0.2, 0.25) is 0 Å². The molecule has 0 spiro atoms. The molecule has 2 aliphatic rings. The first-order valence-electron chi connectivity index (χ1n) is 7.30. The lowest BCUT2D eigenvalue weighted by molar-refractivity contribution is -0.149. The summed E-state index contributed by atoms with van der Waals surface area (Å²) < 4.78 is 14.1. The van der Waals surface area contributed by atoms with Crippen LogP contribution in [-0.4, -0.2) is 51.4 Å². The van der Waals surface area contributed by atoms with Crippen LogP contribution in [0.15, 0.2) is 0 Å². The van der Waals surface area contributed by atoms with E-state index in [1.54, 1.807) is 6.92 Å². The number of carboxylic acids is 1. The van der Waals surface area contributed by atoms with E-state index in [1.807, 2.05) is 0 Å². The Bertz CT molecular complexity index is 681. The summed E-state index contributed by atoms with van der Waals surface area (Å²) in [5.74, 6) is -1.97. The minimum Gasteiger partial charge on any atom is -0.479 e. The third kappa shape index (κ3) is 2.12. The number of carboxylic acid groups (broad SMARTS) is 1. The molecule has 22 heavy (non-hydrogen) atoms. The van der Waals surface area contributed by atoms with Crippen molar-refractivity contribution >= 4 is 17.7 Å². The summed E-state index contributed by atoms with van der Waals surface area (Å²) in [6, 6.07) is 0. The summed E-state index contributed by atoms with van der Waals surface area (Å²) in [5.41, 5.74) is -0.211.